The molecular formula is C20H25IN4S. The van der Waals surface area contributed by atoms with Crippen molar-refractivity contribution in [1.82, 2.24) is 15.6 Å². The lowest BCUT2D eigenvalue weighted by Crippen LogP contribution is -2.36. The Balaban J connectivity index is 0.00000243. The molecule has 0 aliphatic carbocycles. The zero-order valence-corrected chi connectivity index (χ0v) is 18.5. The number of aliphatic imine (C=N–C) groups is 1. The second-order valence-corrected chi connectivity index (χ2v) is 7.22. The smallest absolute Gasteiger partial charge is 0.191 e. The van der Waals surface area contributed by atoms with E-state index in [9.17, 15) is 0 Å². The predicted molar refractivity (Wildman–Crippen MR) is 123 cm³/mol. The summed E-state index contributed by atoms with van der Waals surface area (Å²) >= 11 is 1.73. The van der Waals surface area contributed by atoms with Crippen molar-refractivity contribution in [3.63, 3.8) is 0 Å². The summed E-state index contributed by atoms with van der Waals surface area (Å²) in [7, 11) is 0. The minimum absolute atomic E-state index is 0. The van der Waals surface area contributed by atoms with Crippen LogP contribution < -0.4 is 10.6 Å². The maximum atomic E-state index is 4.76. The molecule has 4 nitrogen and oxygen atoms in total. The first-order chi connectivity index (χ1) is 12.2. The molecule has 0 radical (unpaired) electrons. The van der Waals surface area contributed by atoms with Crippen LogP contribution in [-0.2, 0) is 13.1 Å². The molecule has 0 aliphatic rings. The maximum Gasteiger partial charge on any atom is 0.191 e. The molecule has 0 saturated heterocycles. The van der Waals surface area contributed by atoms with Crippen molar-refractivity contribution in [2.24, 2.45) is 4.99 Å². The van der Waals surface area contributed by atoms with Crippen molar-refractivity contribution >= 4 is 52.0 Å². The lowest BCUT2D eigenvalue weighted by Gasteiger charge is -2.11. The van der Waals surface area contributed by atoms with Gasteiger partial charge in [-0.1, -0.05) is 42.5 Å². The number of hydrogen-bond acceptors (Lipinski definition) is 3. The van der Waals surface area contributed by atoms with Crippen LogP contribution in [0.25, 0.3) is 10.8 Å². The fraction of sp³-hybridized carbons (Fsp3) is 0.300. The van der Waals surface area contributed by atoms with E-state index in [4.69, 9.17) is 4.99 Å². The second-order valence-electron chi connectivity index (χ2n) is 5.93. The van der Waals surface area contributed by atoms with Gasteiger partial charge in [-0.15, -0.1) is 35.3 Å². The lowest BCUT2D eigenvalue weighted by atomic mass is 10.1. The average Bonchev–Trinajstić information content (AvgIpc) is 2.94. The molecule has 2 N–H and O–H groups in total. The molecule has 0 spiro atoms. The molecule has 2 aromatic carbocycles. The SMILES string of the molecule is CCNC(=NCc1cccc2ccccc12)NCc1sc(C)nc1C.I. The van der Waals surface area contributed by atoms with E-state index in [1.807, 2.05) is 6.92 Å². The van der Waals surface area contributed by atoms with E-state index in [0.29, 0.717) is 6.54 Å². The van der Waals surface area contributed by atoms with Crippen LogP contribution in [0.15, 0.2) is 47.5 Å². The normalized spacial score (nSPS) is 11.3. The van der Waals surface area contributed by atoms with E-state index in [1.165, 1.54) is 21.2 Å². The molecule has 1 heterocycles. The largest absolute Gasteiger partial charge is 0.357 e. The van der Waals surface area contributed by atoms with Gasteiger partial charge in [0.2, 0.25) is 0 Å². The van der Waals surface area contributed by atoms with E-state index in [2.05, 4.69) is 71.9 Å². The first-order valence-corrected chi connectivity index (χ1v) is 9.40. The highest BCUT2D eigenvalue weighted by Gasteiger charge is 2.06. The molecule has 26 heavy (non-hydrogen) atoms. The number of nitrogens with one attached hydrogen (secondary N) is 2. The van der Waals surface area contributed by atoms with Gasteiger partial charge in [0, 0.05) is 11.4 Å². The van der Waals surface area contributed by atoms with E-state index >= 15 is 0 Å². The summed E-state index contributed by atoms with van der Waals surface area (Å²) in [5.41, 5.74) is 2.33. The summed E-state index contributed by atoms with van der Waals surface area (Å²) in [6.07, 6.45) is 0. The van der Waals surface area contributed by atoms with Gasteiger partial charge in [-0.2, -0.15) is 0 Å². The molecule has 138 valence electrons. The topological polar surface area (TPSA) is 49.3 Å². The Morgan fingerprint density at radius 2 is 1.85 bits per heavy atom. The van der Waals surface area contributed by atoms with Crippen molar-refractivity contribution in [2.45, 2.75) is 33.9 Å². The van der Waals surface area contributed by atoms with Gasteiger partial charge < -0.3 is 10.6 Å². The first-order valence-electron chi connectivity index (χ1n) is 8.59. The number of aryl methyl sites for hydroxylation is 2. The molecule has 0 fully saturated rings. The van der Waals surface area contributed by atoms with Gasteiger partial charge in [-0.3, -0.25) is 0 Å². The van der Waals surface area contributed by atoms with E-state index in [0.717, 1.165) is 29.8 Å². The third-order valence-electron chi connectivity index (χ3n) is 4.05. The second kappa shape index (κ2) is 9.87. The van der Waals surface area contributed by atoms with Crippen molar-refractivity contribution in [3.05, 3.63) is 63.6 Å². The molecule has 0 bridgehead atoms. The third-order valence-corrected chi connectivity index (χ3v) is 5.12. The van der Waals surface area contributed by atoms with E-state index < -0.39 is 0 Å². The fourth-order valence-corrected chi connectivity index (χ4v) is 3.71. The number of hydrogen-bond donors (Lipinski definition) is 2. The summed E-state index contributed by atoms with van der Waals surface area (Å²) in [5, 5.41) is 10.4. The third kappa shape index (κ3) is 5.17. The molecule has 0 unspecified atom stereocenters. The van der Waals surface area contributed by atoms with Crippen LogP contribution in [-0.4, -0.2) is 17.5 Å². The summed E-state index contributed by atoms with van der Waals surface area (Å²) < 4.78 is 0. The zero-order valence-electron chi connectivity index (χ0n) is 15.4. The molecule has 0 atom stereocenters. The summed E-state index contributed by atoms with van der Waals surface area (Å²) in [6.45, 7) is 8.41. The van der Waals surface area contributed by atoms with Crippen molar-refractivity contribution < 1.29 is 0 Å². The number of nitrogens with zero attached hydrogens (tertiary/aromatic N) is 2. The number of aromatic nitrogens is 1. The van der Waals surface area contributed by atoms with Crippen molar-refractivity contribution in [3.8, 4) is 0 Å². The van der Waals surface area contributed by atoms with Gasteiger partial charge in [0.25, 0.3) is 0 Å². The van der Waals surface area contributed by atoms with Crippen LogP contribution in [0.3, 0.4) is 0 Å². The molecule has 1 aromatic heterocycles. The Labute approximate surface area is 176 Å². The van der Waals surface area contributed by atoms with Crippen molar-refractivity contribution in [1.29, 1.82) is 0 Å². The van der Waals surface area contributed by atoms with E-state index in [1.54, 1.807) is 11.3 Å². The van der Waals surface area contributed by atoms with E-state index in [-0.39, 0.29) is 24.0 Å². The van der Waals surface area contributed by atoms with Crippen LogP contribution in [0, 0.1) is 13.8 Å². The number of guanidine groups is 1. The predicted octanol–water partition coefficient (Wildman–Crippen LogP) is 4.79. The minimum atomic E-state index is 0. The lowest BCUT2D eigenvalue weighted by molar-refractivity contribution is 0.819. The molecule has 0 amide bonds. The van der Waals surface area contributed by atoms with Gasteiger partial charge in [0.15, 0.2) is 5.96 Å². The van der Waals surface area contributed by atoms with Crippen LogP contribution in [0.5, 0.6) is 0 Å². The summed E-state index contributed by atoms with van der Waals surface area (Å²) in [6, 6.07) is 14.8. The van der Waals surface area contributed by atoms with Crippen LogP contribution in [0.2, 0.25) is 0 Å². The zero-order chi connectivity index (χ0) is 17.6. The Kier molecular flexibility index (Phi) is 7.84. The quantitative estimate of drug-likeness (QED) is 0.314. The van der Waals surface area contributed by atoms with Gasteiger partial charge in [-0.25, -0.2) is 9.98 Å². The molecule has 0 saturated carbocycles. The van der Waals surface area contributed by atoms with Gasteiger partial charge in [0.1, 0.15) is 0 Å². The highest BCUT2D eigenvalue weighted by atomic mass is 127. The Morgan fingerprint density at radius 1 is 1.08 bits per heavy atom. The number of thiazole rings is 1. The van der Waals surface area contributed by atoms with Gasteiger partial charge in [-0.05, 0) is 37.1 Å². The summed E-state index contributed by atoms with van der Waals surface area (Å²) in [4.78, 5) is 10.5. The highest BCUT2D eigenvalue weighted by molar-refractivity contribution is 14.0. The number of halogens is 1. The Hall–Kier alpha value is -1.67. The number of fused-ring (bicyclic) bond motifs is 1. The van der Waals surface area contributed by atoms with Crippen LogP contribution in [0.1, 0.15) is 28.1 Å². The standard InChI is InChI=1S/C20H24N4S.HI/c1-4-21-20(23-13-19-14(2)24-15(3)25-19)22-12-17-10-7-9-16-8-5-6-11-18(16)17;/h5-11H,4,12-13H2,1-3H3,(H2,21,22,23);1H. The minimum Gasteiger partial charge on any atom is -0.357 e. The van der Waals surface area contributed by atoms with Crippen molar-refractivity contribution in [2.75, 3.05) is 6.54 Å². The Bertz CT molecular complexity index is 883. The molecule has 0 aliphatic heterocycles. The highest BCUT2D eigenvalue weighted by Crippen LogP contribution is 2.19. The monoisotopic (exact) mass is 480 g/mol. The summed E-state index contributed by atoms with van der Waals surface area (Å²) in [5.74, 6) is 0.834. The molecule has 6 heteroatoms. The molecule has 3 aromatic rings. The van der Waals surface area contributed by atoms with Crippen LogP contribution in [0.4, 0.5) is 0 Å². The number of benzene rings is 2. The van der Waals surface area contributed by atoms with Crippen LogP contribution >= 0.6 is 35.3 Å². The molecule has 3 rings (SSSR count). The molecular weight excluding hydrogens is 455 g/mol. The maximum absolute atomic E-state index is 4.76. The number of rotatable bonds is 5. The Morgan fingerprint density at radius 3 is 2.58 bits per heavy atom. The van der Waals surface area contributed by atoms with Gasteiger partial charge >= 0.3 is 0 Å². The first kappa shape index (κ1) is 20.6. The average molecular weight is 480 g/mol. The fourth-order valence-electron chi connectivity index (χ4n) is 2.84. The van der Waals surface area contributed by atoms with Gasteiger partial charge in [0.05, 0.1) is 23.8 Å².